The van der Waals surface area contributed by atoms with E-state index in [0.717, 1.165) is 5.69 Å². The Morgan fingerprint density at radius 2 is 2.29 bits per heavy atom. The van der Waals surface area contributed by atoms with Gasteiger partial charge in [-0.05, 0) is 25.1 Å². The SMILES string of the molecule is CCOC(=O)c1cc(N)cc(Cl)c1NCc1ccncn1. The quantitative estimate of drug-likeness (QED) is 0.651. The first-order valence-corrected chi connectivity index (χ1v) is 6.74. The lowest BCUT2D eigenvalue weighted by molar-refractivity contribution is 0.0527. The Labute approximate surface area is 127 Å². The number of hydrogen-bond acceptors (Lipinski definition) is 6. The zero-order valence-corrected chi connectivity index (χ0v) is 12.2. The molecule has 0 aliphatic carbocycles. The second kappa shape index (κ2) is 6.90. The van der Waals surface area contributed by atoms with Crippen molar-refractivity contribution in [2.24, 2.45) is 0 Å². The van der Waals surface area contributed by atoms with Crippen molar-refractivity contribution in [3.8, 4) is 0 Å². The van der Waals surface area contributed by atoms with Gasteiger partial charge in [-0.3, -0.25) is 0 Å². The molecule has 0 spiro atoms. The number of aromatic nitrogens is 2. The monoisotopic (exact) mass is 306 g/mol. The zero-order valence-electron chi connectivity index (χ0n) is 11.5. The standard InChI is InChI=1S/C14H15ClN4O2/c1-2-21-14(20)11-5-9(16)6-12(15)13(11)18-7-10-3-4-17-8-19-10/h3-6,8,18H,2,7,16H2,1H3. The molecule has 1 aromatic heterocycles. The number of rotatable bonds is 5. The summed E-state index contributed by atoms with van der Waals surface area (Å²) in [6.45, 7) is 2.41. The first-order valence-electron chi connectivity index (χ1n) is 6.36. The van der Waals surface area contributed by atoms with Crippen molar-refractivity contribution >= 4 is 28.9 Å². The molecule has 0 atom stereocenters. The van der Waals surface area contributed by atoms with E-state index < -0.39 is 5.97 Å². The highest BCUT2D eigenvalue weighted by Gasteiger charge is 2.16. The second-order valence-electron chi connectivity index (χ2n) is 4.20. The first-order chi connectivity index (χ1) is 10.1. The summed E-state index contributed by atoms with van der Waals surface area (Å²) in [6, 6.07) is 4.88. The molecule has 2 aromatic rings. The number of nitrogens with two attached hydrogens (primary N) is 1. The van der Waals surface area contributed by atoms with Gasteiger partial charge in [-0.1, -0.05) is 11.6 Å². The average molecular weight is 307 g/mol. The highest BCUT2D eigenvalue weighted by atomic mass is 35.5. The van der Waals surface area contributed by atoms with Crippen LogP contribution >= 0.6 is 11.6 Å². The Morgan fingerprint density at radius 1 is 1.48 bits per heavy atom. The van der Waals surface area contributed by atoms with Crippen LogP contribution in [-0.4, -0.2) is 22.5 Å². The van der Waals surface area contributed by atoms with Crippen LogP contribution in [-0.2, 0) is 11.3 Å². The molecule has 0 amide bonds. The maximum absolute atomic E-state index is 12.0. The smallest absolute Gasteiger partial charge is 0.340 e. The molecular formula is C14H15ClN4O2. The fourth-order valence-corrected chi connectivity index (χ4v) is 2.07. The number of halogens is 1. The molecule has 0 unspecified atom stereocenters. The van der Waals surface area contributed by atoms with Gasteiger partial charge < -0.3 is 15.8 Å². The van der Waals surface area contributed by atoms with E-state index in [1.807, 2.05) is 0 Å². The highest BCUT2D eigenvalue weighted by Crippen LogP contribution is 2.30. The van der Waals surface area contributed by atoms with E-state index in [0.29, 0.717) is 28.5 Å². The number of esters is 1. The largest absolute Gasteiger partial charge is 0.462 e. The van der Waals surface area contributed by atoms with Gasteiger partial charge in [-0.2, -0.15) is 0 Å². The zero-order chi connectivity index (χ0) is 15.2. The lowest BCUT2D eigenvalue weighted by atomic mass is 10.1. The van der Waals surface area contributed by atoms with Crippen molar-refractivity contribution in [1.82, 2.24) is 9.97 Å². The Morgan fingerprint density at radius 3 is 2.95 bits per heavy atom. The van der Waals surface area contributed by atoms with Crippen molar-refractivity contribution in [3.05, 3.63) is 47.0 Å². The highest BCUT2D eigenvalue weighted by molar-refractivity contribution is 6.34. The summed E-state index contributed by atoms with van der Waals surface area (Å²) in [6.07, 6.45) is 3.09. The molecule has 0 fully saturated rings. The van der Waals surface area contributed by atoms with E-state index in [2.05, 4.69) is 15.3 Å². The molecule has 6 nitrogen and oxygen atoms in total. The Balaban J connectivity index is 2.26. The number of anilines is 2. The van der Waals surface area contributed by atoms with E-state index in [-0.39, 0.29) is 6.61 Å². The van der Waals surface area contributed by atoms with Crippen LogP contribution in [0, 0.1) is 0 Å². The summed E-state index contributed by atoms with van der Waals surface area (Å²) in [7, 11) is 0. The number of carbonyl (C=O) groups excluding carboxylic acids is 1. The molecule has 3 N–H and O–H groups in total. The Hall–Kier alpha value is -2.34. The van der Waals surface area contributed by atoms with Gasteiger partial charge in [-0.15, -0.1) is 0 Å². The minimum atomic E-state index is -0.475. The van der Waals surface area contributed by atoms with Crippen LogP contribution in [0.4, 0.5) is 11.4 Å². The number of nitrogen functional groups attached to an aromatic ring is 1. The van der Waals surface area contributed by atoms with Gasteiger partial charge in [0.1, 0.15) is 6.33 Å². The van der Waals surface area contributed by atoms with E-state index in [4.69, 9.17) is 22.1 Å². The summed E-state index contributed by atoms with van der Waals surface area (Å²) in [5, 5.41) is 3.44. The molecule has 0 bridgehead atoms. The molecule has 0 saturated heterocycles. The third-order valence-electron chi connectivity index (χ3n) is 2.70. The number of carbonyl (C=O) groups is 1. The summed E-state index contributed by atoms with van der Waals surface area (Å²) in [5.41, 5.74) is 7.68. The van der Waals surface area contributed by atoms with Crippen LogP contribution in [0.1, 0.15) is 23.0 Å². The van der Waals surface area contributed by atoms with Crippen LogP contribution in [0.2, 0.25) is 5.02 Å². The normalized spacial score (nSPS) is 10.2. The average Bonchev–Trinajstić information content (AvgIpc) is 2.47. The van der Waals surface area contributed by atoms with E-state index >= 15 is 0 Å². The van der Waals surface area contributed by atoms with Gasteiger partial charge in [0.2, 0.25) is 0 Å². The van der Waals surface area contributed by atoms with Gasteiger partial charge in [0.05, 0.1) is 35.1 Å². The molecule has 0 radical (unpaired) electrons. The van der Waals surface area contributed by atoms with Crippen molar-refractivity contribution in [1.29, 1.82) is 0 Å². The van der Waals surface area contributed by atoms with Crippen LogP contribution in [0.15, 0.2) is 30.7 Å². The van der Waals surface area contributed by atoms with Gasteiger partial charge in [-0.25, -0.2) is 14.8 Å². The third kappa shape index (κ3) is 3.82. The fourth-order valence-electron chi connectivity index (χ4n) is 1.78. The molecule has 1 heterocycles. The van der Waals surface area contributed by atoms with Crippen LogP contribution in [0.3, 0.4) is 0 Å². The van der Waals surface area contributed by atoms with Gasteiger partial charge in [0.15, 0.2) is 0 Å². The predicted molar refractivity (Wildman–Crippen MR) is 81.2 cm³/mol. The van der Waals surface area contributed by atoms with Gasteiger partial charge in [0, 0.05) is 11.9 Å². The predicted octanol–water partition coefficient (Wildman–Crippen LogP) is 2.50. The molecule has 2 rings (SSSR count). The van der Waals surface area contributed by atoms with Crippen LogP contribution in [0.25, 0.3) is 0 Å². The molecule has 21 heavy (non-hydrogen) atoms. The molecule has 110 valence electrons. The summed E-state index contributed by atoms with van der Waals surface area (Å²) < 4.78 is 5.01. The third-order valence-corrected chi connectivity index (χ3v) is 3.00. The summed E-state index contributed by atoms with van der Waals surface area (Å²) in [4.78, 5) is 19.9. The van der Waals surface area contributed by atoms with Crippen LogP contribution < -0.4 is 11.1 Å². The topological polar surface area (TPSA) is 90.1 Å². The molecule has 0 aliphatic heterocycles. The fraction of sp³-hybridized carbons (Fsp3) is 0.214. The van der Waals surface area contributed by atoms with Crippen molar-refractivity contribution in [3.63, 3.8) is 0 Å². The Kier molecular flexibility index (Phi) is 4.94. The lowest BCUT2D eigenvalue weighted by Gasteiger charge is -2.13. The Bertz CT molecular complexity index is 634. The molecule has 1 aromatic carbocycles. The van der Waals surface area contributed by atoms with E-state index in [9.17, 15) is 4.79 Å². The number of hydrogen-bond donors (Lipinski definition) is 2. The number of nitrogens with zero attached hydrogens (tertiary/aromatic N) is 2. The summed E-state index contributed by atoms with van der Waals surface area (Å²) in [5.74, 6) is -0.475. The summed E-state index contributed by atoms with van der Waals surface area (Å²) >= 11 is 6.16. The maximum atomic E-state index is 12.0. The molecule has 7 heteroatoms. The minimum absolute atomic E-state index is 0.274. The number of nitrogens with one attached hydrogen (secondary N) is 1. The maximum Gasteiger partial charge on any atom is 0.340 e. The van der Waals surface area contributed by atoms with Gasteiger partial charge >= 0.3 is 5.97 Å². The van der Waals surface area contributed by atoms with Crippen molar-refractivity contribution in [2.75, 3.05) is 17.7 Å². The molecule has 0 saturated carbocycles. The van der Waals surface area contributed by atoms with E-state index in [1.165, 1.54) is 12.4 Å². The number of benzene rings is 1. The second-order valence-corrected chi connectivity index (χ2v) is 4.61. The van der Waals surface area contributed by atoms with Gasteiger partial charge in [0.25, 0.3) is 0 Å². The minimum Gasteiger partial charge on any atom is -0.462 e. The van der Waals surface area contributed by atoms with Crippen LogP contribution in [0.5, 0.6) is 0 Å². The van der Waals surface area contributed by atoms with Crippen molar-refractivity contribution < 1.29 is 9.53 Å². The number of ether oxygens (including phenoxy) is 1. The first kappa shape index (κ1) is 15.1. The lowest BCUT2D eigenvalue weighted by Crippen LogP contribution is -2.11. The molecule has 0 aliphatic rings. The van der Waals surface area contributed by atoms with E-state index in [1.54, 1.807) is 25.3 Å². The van der Waals surface area contributed by atoms with Crippen molar-refractivity contribution in [2.45, 2.75) is 13.5 Å². The molecular weight excluding hydrogens is 292 g/mol.